The van der Waals surface area contributed by atoms with Crippen LogP contribution in [0.4, 0.5) is 0 Å². The third-order valence-electron chi connectivity index (χ3n) is 7.79. The number of benzene rings is 1. The Balaban J connectivity index is 2.58. The largest absolute Gasteiger partial charge is 0.472 e. The molecule has 0 fully saturated rings. The predicted molar refractivity (Wildman–Crippen MR) is 177 cm³/mol. The molecule has 0 spiro atoms. The summed E-state index contributed by atoms with van der Waals surface area (Å²) in [5.74, 6) is -0.597. The summed E-state index contributed by atoms with van der Waals surface area (Å²) in [6.07, 6.45) is 22.0. The van der Waals surface area contributed by atoms with E-state index in [0.717, 1.165) is 24.8 Å². The topological polar surface area (TPSA) is 82.1 Å². The molecule has 5 unspecified atom stereocenters. The maximum absolute atomic E-state index is 12.6. The van der Waals surface area contributed by atoms with E-state index >= 15 is 0 Å². The van der Waals surface area contributed by atoms with Crippen LogP contribution in [0, 0.1) is 5.92 Å². The molecule has 0 heterocycles. The maximum atomic E-state index is 12.6. The smallest absolute Gasteiger partial charge is 0.453 e. The molecule has 0 aliphatic carbocycles. The van der Waals surface area contributed by atoms with Crippen LogP contribution >= 0.6 is 21.1 Å². The van der Waals surface area contributed by atoms with Crippen molar-refractivity contribution in [2.45, 2.75) is 167 Å². The summed E-state index contributed by atoms with van der Waals surface area (Å²) >= 11 is 4.72. The zero-order valence-corrected chi connectivity index (χ0v) is 28.6. The van der Waals surface area contributed by atoms with E-state index in [-0.39, 0.29) is 6.61 Å². The number of rotatable bonds is 28. The van der Waals surface area contributed by atoms with E-state index < -0.39 is 31.7 Å². The second-order valence-corrected chi connectivity index (χ2v) is 13.1. The molecule has 0 saturated heterocycles. The predicted octanol–water partition coefficient (Wildman–Crippen LogP) is 10.1. The number of esters is 1. The van der Waals surface area contributed by atoms with Gasteiger partial charge in [0.2, 0.25) is 0 Å². The lowest BCUT2D eigenvalue weighted by Crippen LogP contribution is -2.42. The number of unbranched alkanes of at least 4 members (excludes halogenated alkanes) is 13. The van der Waals surface area contributed by atoms with E-state index in [0.29, 0.717) is 12.3 Å². The van der Waals surface area contributed by atoms with Crippen molar-refractivity contribution in [3.8, 4) is 0 Å². The zero-order valence-electron chi connectivity index (χ0n) is 26.7. The molecule has 0 aromatic heterocycles. The monoisotopic (exact) mass is 627 g/mol. The number of hydrogen-bond acceptors (Lipinski definition) is 7. The van der Waals surface area contributed by atoms with Gasteiger partial charge in [-0.25, -0.2) is 4.79 Å². The Morgan fingerprint density at radius 1 is 0.833 bits per heavy atom. The Morgan fingerprint density at radius 2 is 1.33 bits per heavy atom. The minimum atomic E-state index is -2.59. The average molecular weight is 628 g/mol. The Morgan fingerprint density at radius 3 is 1.81 bits per heavy atom. The molecule has 0 radical (unpaired) electrons. The normalized spacial score (nSPS) is 15.3. The van der Waals surface area contributed by atoms with E-state index in [4.69, 9.17) is 26.8 Å². The minimum Gasteiger partial charge on any atom is -0.453 e. The molecule has 0 amide bonds. The molecule has 5 atom stereocenters. The van der Waals surface area contributed by atoms with Crippen LogP contribution in [0.15, 0.2) is 30.3 Å². The van der Waals surface area contributed by atoms with Gasteiger partial charge in [0.15, 0.2) is 6.29 Å². The van der Waals surface area contributed by atoms with E-state index in [1.54, 1.807) is 12.1 Å². The van der Waals surface area contributed by atoms with Crippen LogP contribution in [-0.2, 0) is 30.2 Å². The van der Waals surface area contributed by atoms with Gasteiger partial charge in [-0.15, -0.1) is 12.6 Å². The highest BCUT2D eigenvalue weighted by molar-refractivity contribution is 7.80. The number of aliphatic hydroxyl groups is 1. The van der Waals surface area contributed by atoms with Gasteiger partial charge in [0, 0.05) is 0 Å². The van der Waals surface area contributed by atoms with E-state index in [1.165, 1.54) is 96.3 Å². The van der Waals surface area contributed by atoms with E-state index in [9.17, 15) is 14.5 Å². The van der Waals surface area contributed by atoms with Crippen molar-refractivity contribution in [3.05, 3.63) is 35.9 Å². The van der Waals surface area contributed by atoms with E-state index in [2.05, 4.69) is 13.8 Å². The van der Waals surface area contributed by atoms with Gasteiger partial charge < -0.3 is 14.6 Å². The van der Waals surface area contributed by atoms with Crippen molar-refractivity contribution < 1.29 is 28.7 Å². The first kappa shape index (κ1) is 39.0. The highest BCUT2D eigenvalue weighted by Crippen LogP contribution is 2.30. The summed E-state index contributed by atoms with van der Waals surface area (Å²) in [5.41, 5.74) is -2.25. The molecule has 0 aliphatic heterocycles. The first-order valence-corrected chi connectivity index (χ1v) is 18.1. The SMILES string of the molecule is CCCCCCCCCCCC(CCCCCCCC)CC(S)OC(CC)OC(O)([PH+]=O)C(=O)OCc1ccccc1. The molecule has 1 rings (SSSR count). The number of thiol groups is 1. The average Bonchev–Trinajstić information content (AvgIpc) is 3.00. The standard InChI is InChI=1S/C34H59O6PS/c1-4-7-9-11-13-14-15-17-20-24-29(23-19-16-12-10-8-5-2)27-32(42)39-31(6-3)40-34(36,41-37)33(35)38-28-30-25-21-18-22-26-30/h18,21-22,25-26,29,31-32,36,42H,4-17,19-20,23-24,27-28H2,1-3H3/p+1. The Kier molecular flexibility index (Phi) is 23.6. The fraction of sp³-hybridized carbons (Fsp3) is 0.794. The Hall–Kier alpha value is -0.980. The summed E-state index contributed by atoms with van der Waals surface area (Å²) in [6.45, 7) is 6.27. The van der Waals surface area contributed by atoms with Crippen LogP contribution < -0.4 is 0 Å². The summed E-state index contributed by atoms with van der Waals surface area (Å²) < 4.78 is 28.6. The van der Waals surface area contributed by atoms with Crippen molar-refractivity contribution in [1.29, 1.82) is 0 Å². The van der Waals surface area contributed by atoms with Crippen LogP contribution in [0.3, 0.4) is 0 Å². The van der Waals surface area contributed by atoms with Gasteiger partial charge in [0.05, 0.1) is 0 Å². The first-order chi connectivity index (χ1) is 20.4. The van der Waals surface area contributed by atoms with Gasteiger partial charge in [-0.2, -0.15) is 0 Å². The molecule has 1 aromatic rings. The van der Waals surface area contributed by atoms with Crippen LogP contribution in [0.25, 0.3) is 0 Å². The van der Waals surface area contributed by atoms with Crippen molar-refractivity contribution in [1.82, 2.24) is 0 Å². The summed E-state index contributed by atoms with van der Waals surface area (Å²) in [4.78, 5) is 12.6. The van der Waals surface area contributed by atoms with Crippen molar-refractivity contribution in [3.63, 3.8) is 0 Å². The number of hydrogen-bond donors (Lipinski definition) is 2. The molecule has 0 bridgehead atoms. The molecule has 6 nitrogen and oxygen atoms in total. The molecule has 242 valence electrons. The van der Waals surface area contributed by atoms with Crippen LogP contribution in [0.1, 0.15) is 148 Å². The third-order valence-corrected chi connectivity index (χ3v) is 8.72. The third kappa shape index (κ3) is 18.6. The second kappa shape index (κ2) is 25.4. The molecule has 1 N–H and O–H groups in total. The number of ether oxygens (including phenoxy) is 3. The van der Waals surface area contributed by atoms with Crippen LogP contribution in [-0.4, -0.2) is 28.3 Å². The zero-order chi connectivity index (χ0) is 30.9. The lowest BCUT2D eigenvalue weighted by atomic mass is 9.91. The quantitative estimate of drug-likeness (QED) is 0.0316. The van der Waals surface area contributed by atoms with Gasteiger partial charge in [-0.05, 0) is 24.3 Å². The van der Waals surface area contributed by atoms with Gasteiger partial charge in [0.1, 0.15) is 12.0 Å². The van der Waals surface area contributed by atoms with Crippen molar-refractivity contribution in [2.75, 3.05) is 0 Å². The molecular formula is C34H60O6PS+. The molecule has 42 heavy (non-hydrogen) atoms. The Labute approximate surface area is 263 Å². The maximum Gasteiger partial charge on any atom is 0.472 e. The summed E-state index contributed by atoms with van der Waals surface area (Å²) in [7, 11) is -1.46. The second-order valence-electron chi connectivity index (χ2n) is 11.6. The summed E-state index contributed by atoms with van der Waals surface area (Å²) in [5, 5.41) is 10.7. The number of carbonyl (C=O) groups is 1. The molecule has 1 aromatic carbocycles. The van der Waals surface area contributed by atoms with Crippen LogP contribution in [0.5, 0.6) is 0 Å². The summed E-state index contributed by atoms with van der Waals surface area (Å²) in [6, 6.07) is 9.10. The van der Waals surface area contributed by atoms with Gasteiger partial charge in [0.25, 0.3) is 0 Å². The van der Waals surface area contributed by atoms with Gasteiger partial charge in [-0.3, -0.25) is 4.74 Å². The molecule has 0 aliphatic rings. The van der Waals surface area contributed by atoms with Crippen LogP contribution in [0.2, 0.25) is 0 Å². The molecule has 8 heteroatoms. The lowest BCUT2D eigenvalue weighted by molar-refractivity contribution is -0.259. The fourth-order valence-corrected chi connectivity index (χ4v) is 5.95. The lowest BCUT2D eigenvalue weighted by Gasteiger charge is -2.26. The fourth-order valence-electron chi connectivity index (χ4n) is 5.19. The first-order valence-electron chi connectivity index (χ1n) is 16.7. The number of carbonyl (C=O) groups excluding carboxylic acids is 1. The highest BCUT2D eigenvalue weighted by Gasteiger charge is 2.51. The molecule has 0 saturated carbocycles. The minimum absolute atomic E-state index is 0.0539. The molecular weight excluding hydrogens is 567 g/mol. The van der Waals surface area contributed by atoms with Gasteiger partial charge in [-0.1, -0.05) is 165 Å². The highest BCUT2D eigenvalue weighted by atomic mass is 32.1. The van der Waals surface area contributed by atoms with Crippen molar-refractivity contribution in [2.24, 2.45) is 5.92 Å². The Bertz CT molecular complexity index is 797. The van der Waals surface area contributed by atoms with E-state index in [1.807, 2.05) is 25.1 Å². The van der Waals surface area contributed by atoms with Gasteiger partial charge >= 0.3 is 20.0 Å². The van der Waals surface area contributed by atoms with Crippen molar-refractivity contribution >= 4 is 27.1 Å².